The predicted molar refractivity (Wildman–Crippen MR) is 65.0 cm³/mol. The molecular weight excluding hydrogens is 234 g/mol. The zero-order chi connectivity index (χ0) is 13.5. The molecule has 0 aromatic heterocycles. The average molecular weight is 251 g/mol. The van der Waals surface area contributed by atoms with E-state index in [9.17, 15) is 20.1 Å². The SMILES string of the molecule is CN1C(=O)[C@@](C)(O)[C@@H](O)[C@H]1Cc1ccc(O)cc1. The molecule has 2 rings (SSSR count). The minimum absolute atomic E-state index is 0.169. The minimum atomic E-state index is -1.73. The van der Waals surface area contributed by atoms with Crippen molar-refractivity contribution >= 4 is 5.91 Å². The Balaban J connectivity index is 2.19. The number of hydrogen-bond donors (Lipinski definition) is 3. The third kappa shape index (κ3) is 1.95. The van der Waals surface area contributed by atoms with Crippen LogP contribution < -0.4 is 0 Å². The highest BCUT2D eigenvalue weighted by Crippen LogP contribution is 2.29. The number of phenolic OH excluding ortho intramolecular Hbond substituents is 1. The first kappa shape index (κ1) is 12.9. The number of benzene rings is 1. The van der Waals surface area contributed by atoms with Crippen molar-refractivity contribution in [1.82, 2.24) is 4.90 Å². The van der Waals surface area contributed by atoms with Gasteiger partial charge in [-0.25, -0.2) is 0 Å². The molecule has 3 N–H and O–H groups in total. The number of likely N-dealkylation sites (N-methyl/N-ethyl adjacent to an activating group) is 1. The van der Waals surface area contributed by atoms with Crippen molar-refractivity contribution in [2.45, 2.75) is 31.1 Å². The minimum Gasteiger partial charge on any atom is -0.508 e. The van der Waals surface area contributed by atoms with Gasteiger partial charge >= 0.3 is 0 Å². The van der Waals surface area contributed by atoms with E-state index in [0.29, 0.717) is 6.42 Å². The molecule has 1 aliphatic heterocycles. The van der Waals surface area contributed by atoms with Crippen LogP contribution in [0.25, 0.3) is 0 Å². The molecule has 5 nitrogen and oxygen atoms in total. The fraction of sp³-hybridized carbons (Fsp3) is 0.462. The molecule has 98 valence electrons. The lowest BCUT2D eigenvalue weighted by Gasteiger charge is -2.22. The second-order valence-corrected chi connectivity index (χ2v) is 4.95. The largest absolute Gasteiger partial charge is 0.508 e. The first-order valence-corrected chi connectivity index (χ1v) is 5.79. The van der Waals surface area contributed by atoms with E-state index in [1.807, 2.05) is 0 Å². The van der Waals surface area contributed by atoms with E-state index in [-0.39, 0.29) is 5.75 Å². The Kier molecular flexibility index (Phi) is 3.04. The summed E-state index contributed by atoms with van der Waals surface area (Å²) in [6, 6.07) is 6.10. The highest BCUT2D eigenvalue weighted by molar-refractivity contribution is 5.88. The molecule has 0 spiro atoms. The van der Waals surface area contributed by atoms with Crippen LogP contribution >= 0.6 is 0 Å². The number of carbonyl (C=O) groups excluding carboxylic acids is 1. The van der Waals surface area contributed by atoms with Gasteiger partial charge in [-0.15, -0.1) is 0 Å². The predicted octanol–water partition coefficient (Wildman–Crippen LogP) is -0.113. The van der Waals surface area contributed by atoms with E-state index in [1.54, 1.807) is 31.3 Å². The average Bonchev–Trinajstić information content (AvgIpc) is 2.47. The van der Waals surface area contributed by atoms with Crippen molar-refractivity contribution in [2.75, 3.05) is 7.05 Å². The molecule has 3 atom stereocenters. The zero-order valence-electron chi connectivity index (χ0n) is 10.4. The summed E-state index contributed by atoms with van der Waals surface area (Å²) in [7, 11) is 1.57. The first-order valence-electron chi connectivity index (χ1n) is 5.79. The Morgan fingerprint density at radius 3 is 2.33 bits per heavy atom. The third-order valence-electron chi connectivity index (χ3n) is 3.57. The van der Waals surface area contributed by atoms with Crippen LogP contribution in [0, 0.1) is 0 Å². The molecule has 0 radical (unpaired) electrons. The molecule has 1 amide bonds. The monoisotopic (exact) mass is 251 g/mol. The van der Waals surface area contributed by atoms with Gasteiger partial charge < -0.3 is 20.2 Å². The van der Waals surface area contributed by atoms with Crippen LogP contribution in [0.1, 0.15) is 12.5 Å². The zero-order valence-corrected chi connectivity index (χ0v) is 10.4. The highest BCUT2D eigenvalue weighted by Gasteiger charge is 2.53. The van der Waals surface area contributed by atoms with E-state index in [2.05, 4.69) is 0 Å². The third-order valence-corrected chi connectivity index (χ3v) is 3.57. The van der Waals surface area contributed by atoms with E-state index in [4.69, 9.17) is 0 Å². The van der Waals surface area contributed by atoms with Gasteiger partial charge in [0.1, 0.15) is 11.9 Å². The lowest BCUT2D eigenvalue weighted by Crippen LogP contribution is -2.43. The molecule has 1 aliphatic rings. The maximum Gasteiger partial charge on any atom is 0.257 e. The van der Waals surface area contributed by atoms with Gasteiger partial charge in [0.25, 0.3) is 5.91 Å². The molecule has 5 heteroatoms. The molecular formula is C13H17NO4. The van der Waals surface area contributed by atoms with Crippen molar-refractivity contribution in [2.24, 2.45) is 0 Å². The molecule has 1 saturated heterocycles. The van der Waals surface area contributed by atoms with Crippen LogP contribution in [0.3, 0.4) is 0 Å². The lowest BCUT2D eigenvalue weighted by atomic mass is 9.94. The van der Waals surface area contributed by atoms with Crippen molar-refractivity contribution in [3.8, 4) is 5.75 Å². The Hall–Kier alpha value is -1.59. The Labute approximate surface area is 105 Å². The molecule has 0 saturated carbocycles. The molecule has 0 unspecified atom stereocenters. The van der Waals surface area contributed by atoms with Gasteiger partial charge in [0.05, 0.1) is 6.04 Å². The maximum absolute atomic E-state index is 11.8. The maximum atomic E-state index is 11.8. The van der Waals surface area contributed by atoms with E-state index < -0.39 is 23.7 Å². The summed E-state index contributed by atoms with van der Waals surface area (Å²) >= 11 is 0. The topological polar surface area (TPSA) is 81.0 Å². The Morgan fingerprint density at radius 1 is 1.33 bits per heavy atom. The van der Waals surface area contributed by atoms with E-state index >= 15 is 0 Å². The number of rotatable bonds is 2. The summed E-state index contributed by atoms with van der Waals surface area (Å²) in [4.78, 5) is 13.1. The first-order chi connectivity index (χ1) is 8.34. The van der Waals surface area contributed by atoms with Crippen LogP contribution in [0.2, 0.25) is 0 Å². The number of amides is 1. The second kappa shape index (κ2) is 4.26. The van der Waals surface area contributed by atoms with E-state index in [0.717, 1.165) is 5.56 Å². The molecule has 1 heterocycles. The summed E-state index contributed by atoms with van der Waals surface area (Å²) in [5, 5.41) is 29.1. The summed E-state index contributed by atoms with van der Waals surface area (Å²) < 4.78 is 0. The van der Waals surface area contributed by atoms with Gasteiger partial charge in [-0.05, 0) is 31.0 Å². The number of phenols is 1. The smallest absolute Gasteiger partial charge is 0.257 e. The molecule has 1 aromatic rings. The number of nitrogens with zero attached hydrogens (tertiary/aromatic N) is 1. The van der Waals surface area contributed by atoms with Crippen molar-refractivity contribution in [3.05, 3.63) is 29.8 Å². The van der Waals surface area contributed by atoms with Crippen LogP contribution in [-0.4, -0.2) is 50.9 Å². The van der Waals surface area contributed by atoms with Crippen molar-refractivity contribution < 1.29 is 20.1 Å². The van der Waals surface area contributed by atoms with Crippen LogP contribution in [0.4, 0.5) is 0 Å². The van der Waals surface area contributed by atoms with Crippen LogP contribution in [0.5, 0.6) is 5.75 Å². The number of hydrogen-bond acceptors (Lipinski definition) is 4. The number of aliphatic hydroxyl groups is 2. The standard InChI is InChI=1S/C13H17NO4/c1-13(18)11(16)10(14(2)12(13)17)7-8-3-5-9(15)6-4-8/h3-6,10-11,15-16,18H,7H2,1-2H3/t10-,11+,13+/m1/s1. The van der Waals surface area contributed by atoms with Crippen molar-refractivity contribution in [1.29, 1.82) is 0 Å². The summed E-state index contributed by atoms with van der Waals surface area (Å²) in [6.07, 6.45) is -0.691. The van der Waals surface area contributed by atoms with Crippen LogP contribution in [0.15, 0.2) is 24.3 Å². The Bertz CT molecular complexity index is 455. The lowest BCUT2D eigenvalue weighted by molar-refractivity contribution is -0.144. The fourth-order valence-corrected chi connectivity index (χ4v) is 2.34. The Morgan fingerprint density at radius 2 is 1.89 bits per heavy atom. The quantitative estimate of drug-likeness (QED) is 0.685. The molecule has 1 fully saturated rings. The number of carbonyl (C=O) groups is 1. The molecule has 18 heavy (non-hydrogen) atoms. The van der Waals surface area contributed by atoms with E-state index in [1.165, 1.54) is 11.8 Å². The normalized spacial score (nSPS) is 32.0. The van der Waals surface area contributed by atoms with Gasteiger partial charge in [-0.2, -0.15) is 0 Å². The molecule has 0 bridgehead atoms. The van der Waals surface area contributed by atoms with Gasteiger partial charge in [-0.1, -0.05) is 12.1 Å². The van der Waals surface area contributed by atoms with Gasteiger partial charge in [-0.3, -0.25) is 4.79 Å². The van der Waals surface area contributed by atoms with Crippen molar-refractivity contribution in [3.63, 3.8) is 0 Å². The second-order valence-electron chi connectivity index (χ2n) is 4.95. The van der Waals surface area contributed by atoms with Crippen LogP contribution in [-0.2, 0) is 11.2 Å². The fourth-order valence-electron chi connectivity index (χ4n) is 2.34. The molecule has 1 aromatic carbocycles. The number of aliphatic hydroxyl groups excluding tert-OH is 1. The number of aromatic hydroxyl groups is 1. The highest BCUT2D eigenvalue weighted by atomic mass is 16.4. The van der Waals surface area contributed by atoms with Gasteiger partial charge in [0, 0.05) is 7.05 Å². The number of likely N-dealkylation sites (tertiary alicyclic amines) is 1. The van der Waals surface area contributed by atoms with Gasteiger partial charge in [0.15, 0.2) is 5.60 Å². The van der Waals surface area contributed by atoms with Gasteiger partial charge in [0.2, 0.25) is 0 Å². The summed E-state index contributed by atoms with van der Waals surface area (Å²) in [6.45, 7) is 1.33. The summed E-state index contributed by atoms with van der Waals surface area (Å²) in [5.74, 6) is -0.305. The molecule has 0 aliphatic carbocycles. The summed E-state index contributed by atoms with van der Waals surface area (Å²) in [5.41, 5.74) is -0.842.